The van der Waals surface area contributed by atoms with Crippen LogP contribution in [0.1, 0.15) is 25.3 Å². The average Bonchev–Trinajstić information content (AvgIpc) is 2.94. The quantitative estimate of drug-likeness (QED) is 0.838. The lowest BCUT2D eigenvalue weighted by atomic mass is 10.1. The first-order valence-electron chi connectivity index (χ1n) is 6.73. The molecule has 0 atom stereocenters. The molecule has 2 rings (SSSR count). The summed E-state index contributed by atoms with van der Waals surface area (Å²) in [5.41, 5.74) is -0.169. The summed E-state index contributed by atoms with van der Waals surface area (Å²) in [4.78, 5) is 18.3. The monoisotopic (exact) mass is 282 g/mol. The van der Waals surface area contributed by atoms with E-state index >= 15 is 0 Å². The zero-order valence-corrected chi connectivity index (χ0v) is 12.4. The maximum Gasteiger partial charge on any atom is 0.223 e. The number of nitrogens with one attached hydrogen (secondary N) is 2. The molecule has 2 N–H and O–H groups in total. The minimum absolute atomic E-state index is 0.169. The molecule has 0 saturated carbocycles. The molecule has 1 aliphatic heterocycles. The molecular weight excluding hydrogens is 260 g/mol. The number of carbonyl (C=O) groups is 1. The minimum Gasteiger partial charge on any atom is -0.340 e. The van der Waals surface area contributed by atoms with E-state index in [1.54, 1.807) is 11.3 Å². The van der Waals surface area contributed by atoms with E-state index in [1.807, 2.05) is 16.5 Å². The number of thiazole rings is 1. The Labute approximate surface area is 118 Å². The Morgan fingerprint density at radius 2 is 2.26 bits per heavy atom. The van der Waals surface area contributed by atoms with Crippen molar-refractivity contribution in [1.82, 2.24) is 20.5 Å². The summed E-state index contributed by atoms with van der Waals surface area (Å²) >= 11 is 1.64. The van der Waals surface area contributed by atoms with Crippen LogP contribution in [0.4, 0.5) is 0 Å². The van der Waals surface area contributed by atoms with Crippen LogP contribution in [0.3, 0.4) is 0 Å². The third kappa shape index (κ3) is 3.99. The van der Waals surface area contributed by atoms with Crippen LogP contribution >= 0.6 is 11.3 Å². The predicted molar refractivity (Wildman–Crippen MR) is 77.2 cm³/mol. The molecule has 6 heteroatoms. The normalized spacial score (nSPS) is 16.6. The fourth-order valence-electron chi connectivity index (χ4n) is 2.16. The molecule has 1 aromatic rings. The summed E-state index contributed by atoms with van der Waals surface area (Å²) < 4.78 is 0. The molecule has 19 heavy (non-hydrogen) atoms. The molecule has 0 aliphatic carbocycles. The summed E-state index contributed by atoms with van der Waals surface area (Å²) in [6, 6.07) is 0. The van der Waals surface area contributed by atoms with Crippen molar-refractivity contribution in [2.75, 3.05) is 32.7 Å². The lowest BCUT2D eigenvalue weighted by Crippen LogP contribution is -2.47. The van der Waals surface area contributed by atoms with Crippen LogP contribution in [-0.4, -0.2) is 48.5 Å². The second kappa shape index (κ2) is 6.45. The van der Waals surface area contributed by atoms with Gasteiger partial charge in [0.1, 0.15) is 5.01 Å². The van der Waals surface area contributed by atoms with Gasteiger partial charge in [0.15, 0.2) is 0 Å². The van der Waals surface area contributed by atoms with Crippen molar-refractivity contribution in [1.29, 1.82) is 0 Å². The summed E-state index contributed by atoms with van der Waals surface area (Å²) in [7, 11) is 0. The zero-order valence-electron chi connectivity index (χ0n) is 11.6. The van der Waals surface area contributed by atoms with Gasteiger partial charge in [-0.1, -0.05) is 0 Å². The third-order valence-electron chi connectivity index (χ3n) is 3.34. The number of carbonyl (C=O) groups excluding carboxylic acids is 1. The maximum absolute atomic E-state index is 12.0. The van der Waals surface area contributed by atoms with Crippen LogP contribution in [0.15, 0.2) is 11.6 Å². The highest BCUT2D eigenvalue weighted by atomic mass is 32.1. The van der Waals surface area contributed by atoms with Crippen molar-refractivity contribution in [3.05, 3.63) is 16.6 Å². The van der Waals surface area contributed by atoms with Crippen molar-refractivity contribution < 1.29 is 4.79 Å². The molecule has 1 fully saturated rings. The number of nitrogens with zero attached hydrogens (tertiary/aromatic N) is 2. The highest BCUT2D eigenvalue weighted by Gasteiger charge is 2.23. The van der Waals surface area contributed by atoms with Gasteiger partial charge in [-0.25, -0.2) is 4.98 Å². The smallest absolute Gasteiger partial charge is 0.223 e. The second-order valence-electron chi connectivity index (χ2n) is 5.27. The van der Waals surface area contributed by atoms with Crippen LogP contribution in [0.25, 0.3) is 0 Å². The standard InChI is InChI=1S/C13H22N4OS/c1-13(2,12-15-7-10-19-12)16-4-3-11(18)17-8-5-14-6-9-17/h7,10,14,16H,3-6,8-9H2,1-2H3. The molecule has 0 unspecified atom stereocenters. The number of aromatic nitrogens is 1. The molecule has 0 radical (unpaired) electrons. The van der Waals surface area contributed by atoms with Crippen LogP contribution in [0.5, 0.6) is 0 Å². The van der Waals surface area contributed by atoms with E-state index < -0.39 is 0 Å². The molecule has 1 aliphatic rings. The predicted octanol–water partition coefficient (Wildman–Crippen LogP) is 0.790. The molecule has 1 amide bonds. The number of hydrogen-bond donors (Lipinski definition) is 2. The molecule has 1 saturated heterocycles. The van der Waals surface area contributed by atoms with Gasteiger partial charge in [-0.3, -0.25) is 4.79 Å². The Balaban J connectivity index is 1.75. The maximum atomic E-state index is 12.0. The van der Waals surface area contributed by atoms with Crippen LogP contribution in [-0.2, 0) is 10.3 Å². The number of hydrogen-bond acceptors (Lipinski definition) is 5. The van der Waals surface area contributed by atoms with Gasteiger partial charge in [0, 0.05) is 50.7 Å². The van der Waals surface area contributed by atoms with E-state index in [1.165, 1.54) is 0 Å². The molecule has 106 valence electrons. The average molecular weight is 282 g/mol. The van der Waals surface area contributed by atoms with Gasteiger partial charge in [-0.05, 0) is 13.8 Å². The number of rotatable bonds is 5. The molecule has 1 aromatic heterocycles. The molecule has 0 aromatic carbocycles. The molecule has 0 bridgehead atoms. The largest absolute Gasteiger partial charge is 0.340 e. The summed E-state index contributed by atoms with van der Waals surface area (Å²) in [6.07, 6.45) is 2.37. The summed E-state index contributed by atoms with van der Waals surface area (Å²) in [5, 5.41) is 9.70. The highest BCUT2D eigenvalue weighted by molar-refractivity contribution is 7.09. The van der Waals surface area contributed by atoms with Gasteiger partial charge in [-0.2, -0.15) is 0 Å². The van der Waals surface area contributed by atoms with Crippen LogP contribution in [0.2, 0.25) is 0 Å². The third-order valence-corrected chi connectivity index (χ3v) is 4.44. The molecular formula is C13H22N4OS. The molecule has 2 heterocycles. The van der Waals surface area contributed by atoms with Crippen molar-refractivity contribution >= 4 is 17.2 Å². The van der Waals surface area contributed by atoms with Gasteiger partial charge >= 0.3 is 0 Å². The zero-order chi connectivity index (χ0) is 13.7. The fourth-order valence-corrected chi connectivity index (χ4v) is 2.90. The van der Waals surface area contributed by atoms with Gasteiger partial charge in [0.05, 0.1) is 5.54 Å². The summed E-state index contributed by atoms with van der Waals surface area (Å²) in [5.74, 6) is 0.240. The lowest BCUT2D eigenvalue weighted by Gasteiger charge is -2.28. The number of amides is 1. The first-order chi connectivity index (χ1) is 9.09. The van der Waals surface area contributed by atoms with Crippen molar-refractivity contribution in [3.63, 3.8) is 0 Å². The SMILES string of the molecule is CC(C)(NCCC(=O)N1CCNCC1)c1nccs1. The van der Waals surface area contributed by atoms with E-state index in [0.717, 1.165) is 31.2 Å². The lowest BCUT2D eigenvalue weighted by molar-refractivity contribution is -0.131. The van der Waals surface area contributed by atoms with Gasteiger partial charge < -0.3 is 15.5 Å². The summed E-state index contributed by atoms with van der Waals surface area (Å²) in [6.45, 7) is 8.36. The Kier molecular flexibility index (Phi) is 4.90. The first kappa shape index (κ1) is 14.4. The molecule has 0 spiro atoms. The van der Waals surface area contributed by atoms with Gasteiger partial charge in [0.25, 0.3) is 0 Å². The Morgan fingerprint density at radius 1 is 1.53 bits per heavy atom. The van der Waals surface area contributed by atoms with E-state index in [4.69, 9.17) is 0 Å². The van der Waals surface area contributed by atoms with Crippen molar-refractivity contribution in [2.45, 2.75) is 25.8 Å². The van der Waals surface area contributed by atoms with Gasteiger partial charge in [0.2, 0.25) is 5.91 Å². The first-order valence-corrected chi connectivity index (χ1v) is 7.61. The molecule has 5 nitrogen and oxygen atoms in total. The van der Waals surface area contributed by atoms with Crippen LogP contribution < -0.4 is 10.6 Å². The van der Waals surface area contributed by atoms with E-state index in [2.05, 4.69) is 29.5 Å². The van der Waals surface area contributed by atoms with Crippen molar-refractivity contribution in [3.8, 4) is 0 Å². The van der Waals surface area contributed by atoms with E-state index in [-0.39, 0.29) is 11.4 Å². The highest BCUT2D eigenvalue weighted by Crippen LogP contribution is 2.21. The van der Waals surface area contributed by atoms with Gasteiger partial charge in [-0.15, -0.1) is 11.3 Å². The van der Waals surface area contributed by atoms with E-state index in [9.17, 15) is 4.79 Å². The van der Waals surface area contributed by atoms with Crippen molar-refractivity contribution in [2.24, 2.45) is 0 Å². The fraction of sp³-hybridized carbons (Fsp3) is 0.692. The number of piperazine rings is 1. The Hall–Kier alpha value is -0.980. The van der Waals surface area contributed by atoms with E-state index in [0.29, 0.717) is 13.0 Å². The second-order valence-corrected chi connectivity index (χ2v) is 6.16. The van der Waals surface area contributed by atoms with Crippen LogP contribution in [0, 0.1) is 0 Å². The Bertz CT molecular complexity index is 399. The topological polar surface area (TPSA) is 57.3 Å². The Morgan fingerprint density at radius 3 is 2.89 bits per heavy atom. The minimum atomic E-state index is -0.169.